The smallest absolute Gasteiger partial charge is 0.282 e. The van der Waals surface area contributed by atoms with Crippen molar-refractivity contribution in [3.05, 3.63) is 29.8 Å². The van der Waals surface area contributed by atoms with Crippen LogP contribution < -0.4 is 16.3 Å². The van der Waals surface area contributed by atoms with E-state index < -0.39 is 0 Å². The zero-order chi connectivity index (χ0) is 14.4. The van der Waals surface area contributed by atoms with Crippen molar-refractivity contribution in [2.45, 2.75) is 6.04 Å². The Balaban J connectivity index is 2.00. The van der Waals surface area contributed by atoms with Crippen LogP contribution in [0, 0.1) is 22.7 Å². The van der Waals surface area contributed by atoms with E-state index in [0.29, 0.717) is 11.4 Å². The maximum Gasteiger partial charge on any atom is 0.293 e. The molecule has 0 aliphatic carbocycles. The number of anilines is 1. The molecule has 1 saturated heterocycles. The summed E-state index contributed by atoms with van der Waals surface area (Å²) in [6.45, 7) is 0. The molecule has 0 aromatic heterocycles. The van der Waals surface area contributed by atoms with Gasteiger partial charge >= 0.3 is 0 Å². The van der Waals surface area contributed by atoms with Crippen LogP contribution in [-0.4, -0.2) is 16.7 Å². The summed E-state index contributed by atoms with van der Waals surface area (Å²) >= 11 is 1.22. The largest absolute Gasteiger partial charge is 0.293 e. The fraction of sp³-hybridized carbons (Fsp3) is 0.167. The predicted octanol–water partition coefficient (Wildman–Crippen LogP) is 1.50. The summed E-state index contributed by atoms with van der Waals surface area (Å²) in [5, 5.41) is 20.7. The lowest BCUT2D eigenvalue weighted by atomic mass is 10.1. The number of nitrogens with one attached hydrogen (secondary N) is 3. The maximum absolute atomic E-state index is 11.0. The molecule has 1 aromatic carbocycles. The van der Waals surface area contributed by atoms with E-state index in [1.54, 1.807) is 24.3 Å². The number of nitrogens with zero attached hydrogens (tertiary/aromatic N) is 3. The van der Waals surface area contributed by atoms with Gasteiger partial charge in [0.2, 0.25) is 5.71 Å². The van der Waals surface area contributed by atoms with Gasteiger partial charge in [0.25, 0.3) is 5.24 Å². The highest BCUT2D eigenvalue weighted by Crippen LogP contribution is 2.22. The molecule has 2 rings (SSSR count). The van der Waals surface area contributed by atoms with Crippen molar-refractivity contribution in [3.8, 4) is 12.1 Å². The van der Waals surface area contributed by atoms with Gasteiger partial charge in [0.05, 0.1) is 11.7 Å². The van der Waals surface area contributed by atoms with Gasteiger partial charge in [-0.3, -0.25) is 15.6 Å². The molecule has 1 heterocycles. The highest BCUT2D eigenvalue weighted by atomic mass is 32.2. The quantitative estimate of drug-likeness (QED) is 0.573. The predicted molar refractivity (Wildman–Crippen MR) is 75.6 cm³/mol. The topological polar surface area (TPSA) is 113 Å². The zero-order valence-electron chi connectivity index (χ0n) is 10.3. The van der Waals surface area contributed by atoms with Crippen molar-refractivity contribution in [3.63, 3.8) is 0 Å². The summed E-state index contributed by atoms with van der Waals surface area (Å²) < 4.78 is 0. The Bertz CT molecular complexity index is 586. The van der Waals surface area contributed by atoms with Gasteiger partial charge in [0, 0.05) is 5.75 Å². The van der Waals surface area contributed by atoms with E-state index in [9.17, 15) is 4.79 Å². The van der Waals surface area contributed by atoms with Crippen molar-refractivity contribution >= 4 is 28.4 Å². The van der Waals surface area contributed by atoms with Crippen LogP contribution in [0.4, 0.5) is 10.5 Å². The second-order valence-corrected chi connectivity index (χ2v) is 4.83. The van der Waals surface area contributed by atoms with E-state index in [2.05, 4.69) is 21.4 Å². The third kappa shape index (κ3) is 3.48. The third-order valence-corrected chi connectivity index (χ3v) is 3.42. The summed E-state index contributed by atoms with van der Waals surface area (Å²) in [5.41, 5.74) is 9.57. The van der Waals surface area contributed by atoms with E-state index in [1.165, 1.54) is 11.8 Å². The highest BCUT2D eigenvalue weighted by Gasteiger charge is 2.19. The van der Waals surface area contributed by atoms with Crippen LogP contribution in [0.2, 0.25) is 0 Å². The number of carbonyl (C=O) groups is 1. The monoisotopic (exact) mass is 286 g/mol. The summed E-state index contributed by atoms with van der Waals surface area (Å²) in [4.78, 5) is 11.0. The van der Waals surface area contributed by atoms with Gasteiger partial charge in [-0.2, -0.15) is 15.6 Å². The first kappa shape index (κ1) is 13.9. The van der Waals surface area contributed by atoms with Crippen LogP contribution in [0.5, 0.6) is 0 Å². The Morgan fingerprint density at radius 1 is 1.35 bits per heavy atom. The maximum atomic E-state index is 11.0. The summed E-state index contributed by atoms with van der Waals surface area (Å²) in [5.74, 6) is 0.657. The van der Waals surface area contributed by atoms with Crippen molar-refractivity contribution in [2.75, 3.05) is 11.2 Å². The van der Waals surface area contributed by atoms with E-state index in [4.69, 9.17) is 10.5 Å². The van der Waals surface area contributed by atoms with E-state index in [0.717, 1.165) is 5.56 Å². The zero-order valence-corrected chi connectivity index (χ0v) is 11.1. The SMILES string of the molecule is N#CC(C#N)=NNc1ccc(C2CSC(=O)NN2)cc1. The molecule has 3 N–H and O–H groups in total. The standard InChI is InChI=1S/C12H10N6OS/c13-5-10(6-14)16-15-9-3-1-8(2-4-9)11-7-20-12(19)18-17-11/h1-4,11,15,17H,7H2,(H,18,19). The number of thioether (sulfide) groups is 1. The van der Waals surface area contributed by atoms with Crippen LogP contribution in [0.15, 0.2) is 29.4 Å². The molecule has 0 radical (unpaired) electrons. The molecular formula is C12H10N6OS. The normalized spacial score (nSPS) is 17.3. The first-order valence-electron chi connectivity index (χ1n) is 5.65. The van der Waals surface area contributed by atoms with Gasteiger partial charge < -0.3 is 0 Å². The van der Waals surface area contributed by atoms with E-state index >= 15 is 0 Å². The minimum absolute atomic E-state index is 0.0454. The molecule has 0 saturated carbocycles. The fourth-order valence-electron chi connectivity index (χ4n) is 1.55. The fourth-order valence-corrected chi connectivity index (χ4v) is 2.27. The minimum atomic E-state index is -0.234. The number of hydrazone groups is 1. The van der Waals surface area contributed by atoms with E-state index in [-0.39, 0.29) is 17.0 Å². The van der Waals surface area contributed by atoms with Crippen molar-refractivity contribution in [2.24, 2.45) is 5.10 Å². The van der Waals surface area contributed by atoms with Gasteiger partial charge in [-0.05, 0) is 17.7 Å². The Morgan fingerprint density at radius 2 is 2.05 bits per heavy atom. The lowest BCUT2D eigenvalue weighted by Gasteiger charge is -2.23. The summed E-state index contributed by atoms with van der Waals surface area (Å²) in [7, 11) is 0. The minimum Gasteiger partial charge on any atom is -0.282 e. The van der Waals surface area contributed by atoms with Crippen LogP contribution in [0.3, 0.4) is 0 Å². The summed E-state index contributed by atoms with van der Waals surface area (Å²) in [6.07, 6.45) is 0. The first-order chi connectivity index (χ1) is 9.72. The number of carbonyl (C=O) groups excluding carboxylic acids is 1. The van der Waals surface area contributed by atoms with Crippen molar-refractivity contribution < 1.29 is 4.79 Å². The van der Waals surface area contributed by atoms with Gasteiger partial charge in [0.1, 0.15) is 12.1 Å². The Labute approximate surface area is 119 Å². The van der Waals surface area contributed by atoms with Crippen molar-refractivity contribution in [1.29, 1.82) is 10.5 Å². The molecule has 0 bridgehead atoms. The number of hydrazine groups is 1. The second-order valence-electron chi connectivity index (χ2n) is 3.84. The molecule has 1 aliphatic heterocycles. The molecule has 1 amide bonds. The lowest BCUT2D eigenvalue weighted by molar-refractivity contribution is 0.253. The Kier molecular flexibility index (Phi) is 4.56. The number of hydrogen-bond donors (Lipinski definition) is 3. The average Bonchev–Trinajstić information content (AvgIpc) is 2.50. The molecular weight excluding hydrogens is 276 g/mol. The van der Waals surface area contributed by atoms with Gasteiger partial charge in [-0.1, -0.05) is 23.9 Å². The highest BCUT2D eigenvalue weighted by molar-refractivity contribution is 8.13. The average molecular weight is 286 g/mol. The number of benzene rings is 1. The van der Waals surface area contributed by atoms with Gasteiger partial charge in [0.15, 0.2) is 0 Å². The first-order valence-corrected chi connectivity index (χ1v) is 6.63. The second kappa shape index (κ2) is 6.57. The number of amides is 1. The number of hydrogen-bond acceptors (Lipinski definition) is 7. The Hall–Kier alpha value is -2.55. The molecule has 1 unspecified atom stereocenters. The van der Waals surface area contributed by atoms with Gasteiger partial charge in [-0.25, -0.2) is 5.43 Å². The molecule has 8 heteroatoms. The van der Waals surface area contributed by atoms with Crippen LogP contribution in [0.1, 0.15) is 11.6 Å². The van der Waals surface area contributed by atoms with Crippen molar-refractivity contribution in [1.82, 2.24) is 10.9 Å². The molecule has 0 spiro atoms. The van der Waals surface area contributed by atoms with Gasteiger partial charge in [-0.15, -0.1) is 0 Å². The number of nitriles is 2. The lowest BCUT2D eigenvalue weighted by Crippen LogP contribution is -2.43. The third-order valence-electron chi connectivity index (χ3n) is 2.55. The summed E-state index contributed by atoms with van der Waals surface area (Å²) in [6, 6.07) is 10.7. The van der Waals surface area contributed by atoms with Crippen LogP contribution in [-0.2, 0) is 0 Å². The molecule has 7 nitrogen and oxygen atoms in total. The Morgan fingerprint density at radius 3 is 2.60 bits per heavy atom. The molecule has 1 aromatic rings. The number of rotatable bonds is 3. The molecule has 100 valence electrons. The van der Waals surface area contributed by atoms with Crippen LogP contribution >= 0.6 is 11.8 Å². The molecule has 1 atom stereocenters. The van der Waals surface area contributed by atoms with E-state index in [1.807, 2.05) is 12.1 Å². The molecule has 1 fully saturated rings. The molecule has 1 aliphatic rings. The molecule has 20 heavy (non-hydrogen) atoms. The van der Waals surface area contributed by atoms with Crippen LogP contribution in [0.25, 0.3) is 0 Å².